The van der Waals surface area contributed by atoms with Crippen LogP contribution in [0, 0.1) is 11.3 Å². The van der Waals surface area contributed by atoms with Gasteiger partial charge >= 0.3 is 5.97 Å². The van der Waals surface area contributed by atoms with E-state index in [0.717, 1.165) is 5.56 Å². The Morgan fingerprint density at radius 2 is 1.95 bits per heavy atom. The van der Waals surface area contributed by atoms with Crippen molar-refractivity contribution in [1.82, 2.24) is 4.57 Å². The zero-order valence-corrected chi connectivity index (χ0v) is 21.7. The van der Waals surface area contributed by atoms with E-state index in [-0.39, 0.29) is 12.2 Å². The van der Waals surface area contributed by atoms with Crippen molar-refractivity contribution < 1.29 is 18.7 Å². The highest BCUT2D eigenvalue weighted by Crippen LogP contribution is 2.32. The number of nitrogens with zero attached hydrogens (tertiary/aromatic N) is 3. The van der Waals surface area contributed by atoms with Gasteiger partial charge < -0.3 is 13.9 Å². The highest BCUT2D eigenvalue weighted by atomic mass is 32.1. The third kappa shape index (κ3) is 4.46. The van der Waals surface area contributed by atoms with E-state index in [1.807, 2.05) is 24.3 Å². The van der Waals surface area contributed by atoms with Crippen molar-refractivity contribution in [3.8, 4) is 23.1 Å². The van der Waals surface area contributed by atoms with Gasteiger partial charge in [0.05, 0.1) is 47.2 Å². The van der Waals surface area contributed by atoms with Crippen molar-refractivity contribution in [2.24, 2.45) is 4.99 Å². The predicted molar refractivity (Wildman–Crippen MR) is 142 cm³/mol. The third-order valence-electron chi connectivity index (χ3n) is 6.16. The fourth-order valence-electron chi connectivity index (χ4n) is 4.39. The summed E-state index contributed by atoms with van der Waals surface area (Å²) in [6, 6.07) is 19.3. The van der Waals surface area contributed by atoms with Gasteiger partial charge in [0, 0.05) is 11.6 Å². The number of allylic oxidation sites excluding steroid dienone is 1. The van der Waals surface area contributed by atoms with E-state index in [2.05, 4.69) is 11.1 Å². The normalized spacial score (nSPS) is 15.0. The number of hydrogen-bond donors (Lipinski definition) is 0. The molecule has 0 radical (unpaired) electrons. The van der Waals surface area contributed by atoms with Crippen LogP contribution in [0.15, 0.2) is 86.1 Å². The van der Waals surface area contributed by atoms with Gasteiger partial charge in [0.2, 0.25) is 0 Å². The summed E-state index contributed by atoms with van der Waals surface area (Å²) in [7, 11) is 1.57. The van der Waals surface area contributed by atoms with Crippen LogP contribution < -0.4 is 19.6 Å². The largest absolute Gasteiger partial charge is 0.497 e. The number of hydrogen-bond acceptors (Lipinski definition) is 8. The first-order valence-corrected chi connectivity index (χ1v) is 12.7. The van der Waals surface area contributed by atoms with Crippen LogP contribution in [0.4, 0.5) is 0 Å². The van der Waals surface area contributed by atoms with E-state index < -0.39 is 12.0 Å². The van der Waals surface area contributed by atoms with Crippen molar-refractivity contribution in [2.45, 2.75) is 19.9 Å². The zero-order valence-electron chi connectivity index (χ0n) is 20.9. The van der Waals surface area contributed by atoms with E-state index in [9.17, 15) is 14.9 Å². The Balaban J connectivity index is 1.64. The average Bonchev–Trinajstić information content (AvgIpc) is 3.52. The molecule has 0 saturated carbocycles. The molecule has 190 valence electrons. The maximum Gasteiger partial charge on any atom is 0.338 e. The fourth-order valence-corrected chi connectivity index (χ4v) is 5.42. The number of methoxy groups -OCH3 is 1. The first kappa shape index (κ1) is 25.0. The molecular weight excluding hydrogens is 502 g/mol. The number of fused-ring (bicyclic) bond motifs is 1. The number of benzene rings is 2. The molecule has 0 amide bonds. The number of furan rings is 1. The Morgan fingerprint density at radius 3 is 2.66 bits per heavy atom. The van der Waals surface area contributed by atoms with Crippen LogP contribution in [0.25, 0.3) is 17.4 Å². The van der Waals surface area contributed by atoms with Crippen molar-refractivity contribution in [1.29, 1.82) is 5.26 Å². The average molecular weight is 526 g/mol. The standard InChI is InChI=1S/C29H23N3O5S/c1-4-36-28(34)25-17(2)31-29-32(26(25)18-9-11-20(35-3)12-10-18)27(33)24(38-29)15-21-13-14-23(37-21)22-8-6-5-7-19(22)16-30/h5-15,26H,4H2,1-3H3/b24-15-. The fraction of sp³-hybridized carbons (Fsp3) is 0.172. The highest BCUT2D eigenvalue weighted by molar-refractivity contribution is 7.07. The maximum absolute atomic E-state index is 13.7. The molecule has 1 aliphatic rings. The van der Waals surface area contributed by atoms with Gasteiger partial charge in [0.25, 0.3) is 5.56 Å². The van der Waals surface area contributed by atoms with E-state index in [0.29, 0.717) is 49.0 Å². The lowest BCUT2D eigenvalue weighted by Crippen LogP contribution is -2.39. The number of thiazole rings is 1. The number of ether oxygens (including phenoxy) is 2. The quantitative estimate of drug-likeness (QED) is 0.353. The first-order chi connectivity index (χ1) is 18.4. The smallest absolute Gasteiger partial charge is 0.338 e. The highest BCUT2D eigenvalue weighted by Gasteiger charge is 2.33. The molecular formula is C29H23N3O5S. The topological polar surface area (TPSA) is 107 Å². The molecule has 2 aromatic carbocycles. The minimum absolute atomic E-state index is 0.200. The third-order valence-corrected chi connectivity index (χ3v) is 7.14. The minimum Gasteiger partial charge on any atom is -0.497 e. The lowest BCUT2D eigenvalue weighted by molar-refractivity contribution is -0.139. The number of carbonyl (C=O) groups is 1. The molecule has 2 aromatic heterocycles. The monoisotopic (exact) mass is 525 g/mol. The Kier molecular flexibility index (Phi) is 6.81. The Bertz CT molecular complexity index is 1780. The van der Waals surface area contributed by atoms with Gasteiger partial charge in [-0.1, -0.05) is 35.6 Å². The molecule has 8 nitrogen and oxygen atoms in total. The predicted octanol–water partition coefficient (Wildman–Crippen LogP) is 3.94. The summed E-state index contributed by atoms with van der Waals surface area (Å²) in [6.45, 7) is 3.68. The molecule has 0 saturated heterocycles. The molecule has 9 heteroatoms. The van der Waals surface area contributed by atoms with Crippen molar-refractivity contribution in [2.75, 3.05) is 13.7 Å². The van der Waals surface area contributed by atoms with Gasteiger partial charge in [-0.05, 0) is 55.8 Å². The molecule has 1 unspecified atom stereocenters. The molecule has 0 fully saturated rings. The SMILES string of the molecule is CCOC(=O)C1=C(C)N=c2s/c(=C\c3ccc(-c4ccccc4C#N)o3)c(=O)n2C1c1ccc(OC)cc1. The van der Waals surface area contributed by atoms with Crippen molar-refractivity contribution in [3.05, 3.63) is 109 Å². The van der Waals surface area contributed by atoms with Gasteiger partial charge in [-0.3, -0.25) is 9.36 Å². The summed E-state index contributed by atoms with van der Waals surface area (Å²) in [5.74, 6) is 1.12. The Hall–Kier alpha value is -4.68. The molecule has 0 spiro atoms. The molecule has 3 heterocycles. The van der Waals surface area contributed by atoms with Crippen LogP contribution in [-0.2, 0) is 9.53 Å². The summed E-state index contributed by atoms with van der Waals surface area (Å²) < 4.78 is 18.5. The van der Waals surface area contributed by atoms with Crippen LogP contribution in [0.5, 0.6) is 5.75 Å². The summed E-state index contributed by atoms with van der Waals surface area (Å²) in [5.41, 5.74) is 2.39. The second-order valence-electron chi connectivity index (χ2n) is 8.43. The summed E-state index contributed by atoms with van der Waals surface area (Å²) in [5, 5.41) is 9.42. The number of carbonyl (C=O) groups excluding carboxylic acids is 1. The van der Waals surface area contributed by atoms with Crippen molar-refractivity contribution >= 4 is 23.4 Å². The van der Waals surface area contributed by atoms with Crippen LogP contribution >= 0.6 is 11.3 Å². The van der Waals surface area contributed by atoms with Crippen LogP contribution in [-0.4, -0.2) is 24.3 Å². The van der Waals surface area contributed by atoms with Gasteiger partial charge in [-0.2, -0.15) is 5.26 Å². The van der Waals surface area contributed by atoms with Crippen LogP contribution in [0.1, 0.15) is 36.8 Å². The number of nitriles is 1. The van der Waals surface area contributed by atoms with E-state index in [1.54, 1.807) is 63.4 Å². The first-order valence-electron chi connectivity index (χ1n) is 11.9. The van der Waals surface area contributed by atoms with Crippen LogP contribution in [0.2, 0.25) is 0 Å². The Morgan fingerprint density at radius 1 is 1.18 bits per heavy atom. The van der Waals surface area contributed by atoms with E-state index in [4.69, 9.17) is 13.9 Å². The number of rotatable bonds is 6. The van der Waals surface area contributed by atoms with Gasteiger partial charge in [-0.25, -0.2) is 9.79 Å². The molecule has 0 aliphatic carbocycles. The number of aromatic nitrogens is 1. The lowest BCUT2D eigenvalue weighted by Gasteiger charge is -2.24. The van der Waals surface area contributed by atoms with E-state index >= 15 is 0 Å². The summed E-state index contributed by atoms with van der Waals surface area (Å²) in [6.07, 6.45) is 1.65. The number of esters is 1. The van der Waals surface area contributed by atoms with Gasteiger partial charge in [0.1, 0.15) is 17.3 Å². The maximum atomic E-state index is 13.7. The molecule has 1 aliphatic heterocycles. The molecule has 38 heavy (non-hydrogen) atoms. The lowest BCUT2D eigenvalue weighted by atomic mass is 9.96. The van der Waals surface area contributed by atoms with Crippen LogP contribution in [0.3, 0.4) is 0 Å². The second-order valence-corrected chi connectivity index (χ2v) is 9.44. The summed E-state index contributed by atoms with van der Waals surface area (Å²) >= 11 is 1.21. The minimum atomic E-state index is -0.715. The van der Waals surface area contributed by atoms with Gasteiger partial charge in [-0.15, -0.1) is 0 Å². The molecule has 0 bridgehead atoms. The second kappa shape index (κ2) is 10.4. The molecule has 1 atom stereocenters. The van der Waals surface area contributed by atoms with Crippen molar-refractivity contribution in [3.63, 3.8) is 0 Å². The Labute approximate surface area is 222 Å². The van der Waals surface area contributed by atoms with E-state index in [1.165, 1.54) is 15.9 Å². The zero-order chi connectivity index (χ0) is 26.8. The molecule has 5 rings (SSSR count). The molecule has 0 N–H and O–H groups in total. The van der Waals surface area contributed by atoms with Gasteiger partial charge in [0.15, 0.2) is 4.80 Å². The summed E-state index contributed by atoms with van der Waals surface area (Å²) in [4.78, 5) is 31.8. The molecule has 4 aromatic rings.